The number of carbonyl (C=O) groups is 2. The summed E-state index contributed by atoms with van der Waals surface area (Å²) in [6.07, 6.45) is 5.37. The SMILES string of the molecule is [CH2-]C(=O)OCCOCCOCCNC(=O)/C(C#N)=C/c1ccc2cc(N3CCCCC3)ccc2c1.[Rb+]. The van der Waals surface area contributed by atoms with Gasteiger partial charge in [-0.1, -0.05) is 18.2 Å². The summed E-state index contributed by atoms with van der Waals surface area (Å²) in [6, 6.07) is 14.4. The minimum Gasteiger partial charge on any atom is -0.486 e. The normalized spacial score (nSPS) is 13.5. The molecular weight excluding hydrogens is 532 g/mol. The first-order chi connectivity index (χ1) is 17.1. The molecule has 0 saturated carbocycles. The van der Waals surface area contributed by atoms with Gasteiger partial charge in [-0.3, -0.25) is 16.5 Å². The number of piperidine rings is 1. The second kappa shape index (κ2) is 16.9. The van der Waals surface area contributed by atoms with Crippen molar-refractivity contribution >= 4 is 34.4 Å². The Kier molecular flexibility index (Phi) is 14.3. The minimum absolute atomic E-state index is 0. The van der Waals surface area contributed by atoms with Crippen molar-refractivity contribution in [3.8, 4) is 6.07 Å². The van der Waals surface area contributed by atoms with Gasteiger partial charge in [0.2, 0.25) is 0 Å². The first kappa shape index (κ1) is 30.5. The molecule has 0 unspecified atom stereocenters. The summed E-state index contributed by atoms with van der Waals surface area (Å²) in [5, 5.41) is 14.4. The van der Waals surface area contributed by atoms with Crippen molar-refractivity contribution in [3.05, 3.63) is 54.5 Å². The number of hydrogen-bond acceptors (Lipinski definition) is 7. The molecular formula is C27H32N3O5Rb. The van der Waals surface area contributed by atoms with Gasteiger partial charge in [0.15, 0.2) is 5.97 Å². The number of carbonyl (C=O) groups excluding carboxylic acids is 2. The molecule has 1 heterocycles. The Bertz CT molecular complexity index is 1080. The Balaban J connectivity index is 0.00000456. The molecule has 0 atom stereocenters. The van der Waals surface area contributed by atoms with E-state index in [1.54, 1.807) is 6.08 Å². The fraction of sp³-hybridized carbons (Fsp3) is 0.407. The van der Waals surface area contributed by atoms with E-state index >= 15 is 0 Å². The van der Waals surface area contributed by atoms with Gasteiger partial charge in [-0.25, -0.2) is 0 Å². The number of nitriles is 1. The summed E-state index contributed by atoms with van der Waals surface area (Å²) < 4.78 is 15.2. The molecule has 1 aliphatic rings. The molecule has 1 N–H and O–H groups in total. The molecule has 1 amide bonds. The number of ether oxygens (including phenoxy) is 3. The van der Waals surface area contributed by atoms with E-state index in [2.05, 4.69) is 40.1 Å². The van der Waals surface area contributed by atoms with Gasteiger partial charge in [0.25, 0.3) is 5.91 Å². The smallest absolute Gasteiger partial charge is 0.486 e. The Hall–Kier alpha value is -1.73. The molecule has 0 aliphatic carbocycles. The number of amides is 1. The van der Waals surface area contributed by atoms with Crippen molar-refractivity contribution in [2.75, 3.05) is 57.6 Å². The molecule has 8 nitrogen and oxygen atoms in total. The van der Waals surface area contributed by atoms with Gasteiger partial charge < -0.3 is 24.4 Å². The number of esters is 1. The standard InChI is InChI=1S/C27H32N3O5.Rb/c1-21(31)35-16-15-34-14-13-33-12-9-29-27(32)25(20-28)18-22-5-6-24-19-26(8-7-23(24)17-22)30-10-3-2-4-11-30;/h5-8,17-19H,1-4,9-16H2,(H,29,32);/q-1;+1/b25-18+;. The van der Waals surface area contributed by atoms with E-state index in [0.29, 0.717) is 13.2 Å². The van der Waals surface area contributed by atoms with Crippen LogP contribution in [0.4, 0.5) is 5.69 Å². The quantitative estimate of drug-likeness (QED) is 0.130. The van der Waals surface area contributed by atoms with E-state index in [4.69, 9.17) is 9.47 Å². The summed E-state index contributed by atoms with van der Waals surface area (Å²) in [5.74, 6) is -1.03. The van der Waals surface area contributed by atoms with Gasteiger partial charge in [-0.15, -0.1) is 0 Å². The van der Waals surface area contributed by atoms with E-state index in [0.717, 1.165) is 29.4 Å². The fourth-order valence-corrected chi connectivity index (χ4v) is 3.87. The van der Waals surface area contributed by atoms with Crippen molar-refractivity contribution in [1.29, 1.82) is 5.26 Å². The van der Waals surface area contributed by atoms with E-state index < -0.39 is 11.9 Å². The second-order valence-corrected chi connectivity index (χ2v) is 8.21. The monoisotopic (exact) mass is 563 g/mol. The molecule has 0 radical (unpaired) electrons. The maximum Gasteiger partial charge on any atom is 1.00 e. The van der Waals surface area contributed by atoms with Crippen molar-refractivity contribution < 1.29 is 82.0 Å². The maximum absolute atomic E-state index is 12.4. The zero-order chi connectivity index (χ0) is 24.9. The van der Waals surface area contributed by atoms with Crippen LogP contribution in [0, 0.1) is 18.3 Å². The predicted molar refractivity (Wildman–Crippen MR) is 135 cm³/mol. The van der Waals surface area contributed by atoms with Crippen LogP contribution < -0.4 is 68.4 Å². The Morgan fingerprint density at radius 1 is 0.972 bits per heavy atom. The summed E-state index contributed by atoms with van der Waals surface area (Å²) in [5.41, 5.74) is 2.08. The predicted octanol–water partition coefficient (Wildman–Crippen LogP) is 0.268. The van der Waals surface area contributed by atoms with E-state index in [1.165, 1.54) is 24.9 Å². The molecule has 186 valence electrons. The molecule has 0 aromatic heterocycles. The molecule has 0 spiro atoms. The van der Waals surface area contributed by atoms with Crippen LogP contribution in [-0.4, -0.2) is 64.5 Å². The van der Waals surface area contributed by atoms with E-state index in [-0.39, 0.29) is 90.1 Å². The minimum atomic E-state index is -0.589. The Labute approximate surface area is 261 Å². The van der Waals surface area contributed by atoms with Crippen LogP contribution in [0.15, 0.2) is 42.0 Å². The van der Waals surface area contributed by atoms with Crippen LogP contribution in [0.5, 0.6) is 0 Å². The number of hydrogen-bond donors (Lipinski definition) is 1. The van der Waals surface area contributed by atoms with E-state index in [1.807, 2.05) is 24.3 Å². The molecule has 1 aliphatic heterocycles. The van der Waals surface area contributed by atoms with Crippen LogP contribution in [0.25, 0.3) is 16.8 Å². The summed E-state index contributed by atoms with van der Waals surface area (Å²) in [4.78, 5) is 25.3. The average molecular weight is 564 g/mol. The van der Waals surface area contributed by atoms with Gasteiger partial charge >= 0.3 is 58.2 Å². The van der Waals surface area contributed by atoms with Crippen LogP contribution >= 0.6 is 0 Å². The zero-order valence-corrected chi connectivity index (χ0v) is 25.9. The van der Waals surface area contributed by atoms with Gasteiger partial charge in [0.05, 0.1) is 26.4 Å². The van der Waals surface area contributed by atoms with Gasteiger partial charge in [-0.2, -0.15) is 5.26 Å². The topological polar surface area (TPSA) is 101 Å². The van der Waals surface area contributed by atoms with Crippen LogP contribution in [0.2, 0.25) is 0 Å². The van der Waals surface area contributed by atoms with Crippen LogP contribution in [0.1, 0.15) is 24.8 Å². The summed E-state index contributed by atoms with van der Waals surface area (Å²) >= 11 is 0. The number of fused-ring (bicyclic) bond motifs is 1. The van der Waals surface area contributed by atoms with Crippen LogP contribution in [0.3, 0.4) is 0 Å². The third-order valence-corrected chi connectivity index (χ3v) is 5.64. The Morgan fingerprint density at radius 2 is 1.64 bits per heavy atom. The second-order valence-electron chi connectivity index (χ2n) is 8.21. The molecule has 2 aromatic rings. The largest absolute Gasteiger partial charge is 1.00 e. The average Bonchev–Trinajstić information content (AvgIpc) is 2.88. The molecule has 36 heavy (non-hydrogen) atoms. The van der Waals surface area contributed by atoms with Gasteiger partial charge in [-0.05, 0) is 59.9 Å². The number of nitrogens with zero attached hydrogens (tertiary/aromatic N) is 2. The number of nitrogens with one attached hydrogen (secondary N) is 1. The van der Waals surface area contributed by atoms with Gasteiger partial charge in [0, 0.05) is 25.3 Å². The summed E-state index contributed by atoms with van der Waals surface area (Å²) in [6.45, 7) is 6.95. The van der Waals surface area contributed by atoms with Crippen LogP contribution in [-0.2, 0) is 23.8 Å². The Morgan fingerprint density at radius 3 is 2.36 bits per heavy atom. The first-order valence-corrected chi connectivity index (χ1v) is 11.9. The number of rotatable bonds is 12. The third kappa shape index (κ3) is 10.3. The van der Waals surface area contributed by atoms with Gasteiger partial charge in [0.1, 0.15) is 18.2 Å². The summed E-state index contributed by atoms with van der Waals surface area (Å²) in [7, 11) is 0. The third-order valence-electron chi connectivity index (χ3n) is 5.64. The molecule has 0 bridgehead atoms. The first-order valence-electron chi connectivity index (χ1n) is 11.9. The molecule has 1 fully saturated rings. The fourth-order valence-electron chi connectivity index (χ4n) is 3.87. The molecule has 9 heteroatoms. The molecule has 3 rings (SSSR count). The molecule has 2 aromatic carbocycles. The van der Waals surface area contributed by atoms with E-state index in [9.17, 15) is 14.9 Å². The number of anilines is 1. The molecule has 1 saturated heterocycles. The maximum atomic E-state index is 12.4. The zero-order valence-electron chi connectivity index (χ0n) is 21.0. The van der Waals surface area contributed by atoms with Crippen molar-refractivity contribution in [2.24, 2.45) is 0 Å². The van der Waals surface area contributed by atoms with Crippen molar-refractivity contribution in [1.82, 2.24) is 5.32 Å². The van der Waals surface area contributed by atoms with Crippen molar-refractivity contribution in [3.63, 3.8) is 0 Å². The number of benzene rings is 2. The van der Waals surface area contributed by atoms with Crippen molar-refractivity contribution in [2.45, 2.75) is 19.3 Å².